The van der Waals surface area contributed by atoms with Crippen LogP contribution in [0.4, 0.5) is 4.39 Å². The number of hydrogen-bond donors (Lipinski definition) is 1. The minimum absolute atomic E-state index is 0.175. The molecule has 1 amide bonds. The molecular weight excluding hydrogens is 331 g/mol. The van der Waals surface area contributed by atoms with Crippen LogP contribution in [0, 0.1) is 5.82 Å². The Morgan fingerprint density at radius 2 is 1.83 bits per heavy atom. The number of carbonyl (C=O) groups is 1. The maximum Gasteiger partial charge on any atom is 0.273 e. The molecule has 3 aromatic rings. The summed E-state index contributed by atoms with van der Waals surface area (Å²) in [4.78, 5) is 12.3. The van der Waals surface area contributed by atoms with E-state index in [0.717, 1.165) is 11.1 Å². The Hall–Kier alpha value is -2.66. The molecule has 4 nitrogen and oxygen atoms in total. The maximum absolute atomic E-state index is 12.9. The normalized spacial score (nSPS) is 12.0. The van der Waals surface area contributed by atoms with Crippen LogP contribution in [0.2, 0.25) is 5.02 Å². The smallest absolute Gasteiger partial charge is 0.273 e. The second kappa shape index (κ2) is 6.84. The Balaban J connectivity index is 1.71. The molecule has 0 fully saturated rings. The van der Waals surface area contributed by atoms with Gasteiger partial charge in [-0.25, -0.2) is 4.39 Å². The lowest BCUT2D eigenvalue weighted by atomic mass is 10.1. The molecule has 0 radical (unpaired) electrons. The average Bonchev–Trinajstić information content (AvgIpc) is 3.06. The molecule has 0 saturated heterocycles. The zero-order valence-electron chi connectivity index (χ0n) is 12.8. The lowest BCUT2D eigenvalue weighted by molar-refractivity contribution is 0.0931. The number of aromatic nitrogens is 1. The van der Waals surface area contributed by atoms with Crippen molar-refractivity contribution in [2.24, 2.45) is 0 Å². The van der Waals surface area contributed by atoms with Crippen molar-refractivity contribution in [3.63, 3.8) is 0 Å². The average molecular weight is 345 g/mol. The van der Waals surface area contributed by atoms with Crippen LogP contribution in [-0.2, 0) is 0 Å². The van der Waals surface area contributed by atoms with Crippen molar-refractivity contribution in [3.05, 3.63) is 76.7 Å². The Morgan fingerprint density at radius 3 is 2.50 bits per heavy atom. The molecule has 0 bridgehead atoms. The highest BCUT2D eigenvalue weighted by atomic mass is 35.5. The zero-order chi connectivity index (χ0) is 17.1. The predicted molar refractivity (Wildman–Crippen MR) is 89.2 cm³/mol. The Kier molecular flexibility index (Phi) is 4.62. The van der Waals surface area contributed by atoms with Gasteiger partial charge in [-0.05, 0) is 48.9 Å². The number of carbonyl (C=O) groups excluding carboxylic acids is 1. The summed E-state index contributed by atoms with van der Waals surface area (Å²) in [5, 5.41) is 7.21. The number of nitrogens with zero attached hydrogens (tertiary/aromatic N) is 1. The Bertz CT molecular complexity index is 844. The summed E-state index contributed by atoms with van der Waals surface area (Å²) in [6, 6.07) is 14.3. The molecule has 122 valence electrons. The van der Waals surface area contributed by atoms with Gasteiger partial charge in [-0.15, -0.1) is 0 Å². The highest BCUT2D eigenvalue weighted by Crippen LogP contribution is 2.22. The molecule has 1 aromatic heterocycles. The molecule has 0 spiro atoms. The van der Waals surface area contributed by atoms with Gasteiger partial charge in [0.2, 0.25) is 0 Å². The molecule has 0 unspecified atom stereocenters. The summed E-state index contributed by atoms with van der Waals surface area (Å²) >= 11 is 5.85. The van der Waals surface area contributed by atoms with Crippen LogP contribution in [0.3, 0.4) is 0 Å². The van der Waals surface area contributed by atoms with Gasteiger partial charge in [0.05, 0.1) is 6.04 Å². The van der Waals surface area contributed by atoms with Crippen LogP contribution in [0.5, 0.6) is 0 Å². The first-order valence-electron chi connectivity index (χ1n) is 7.32. The van der Waals surface area contributed by atoms with Crippen molar-refractivity contribution in [3.8, 4) is 11.3 Å². The summed E-state index contributed by atoms with van der Waals surface area (Å²) in [6.07, 6.45) is 0. The van der Waals surface area contributed by atoms with Gasteiger partial charge in [-0.2, -0.15) is 0 Å². The molecule has 1 atom stereocenters. The van der Waals surface area contributed by atoms with Crippen LogP contribution >= 0.6 is 11.6 Å². The lowest BCUT2D eigenvalue weighted by Gasteiger charge is -2.12. The van der Waals surface area contributed by atoms with Gasteiger partial charge < -0.3 is 9.84 Å². The fraction of sp³-hybridized carbons (Fsp3) is 0.111. The summed E-state index contributed by atoms with van der Waals surface area (Å²) < 4.78 is 18.2. The van der Waals surface area contributed by atoms with Crippen molar-refractivity contribution in [1.82, 2.24) is 10.5 Å². The third-order valence-corrected chi connectivity index (χ3v) is 3.84. The third kappa shape index (κ3) is 3.63. The second-order valence-electron chi connectivity index (χ2n) is 5.33. The quantitative estimate of drug-likeness (QED) is 0.751. The Morgan fingerprint density at radius 1 is 1.17 bits per heavy atom. The van der Waals surface area contributed by atoms with E-state index in [0.29, 0.717) is 10.8 Å². The van der Waals surface area contributed by atoms with Gasteiger partial charge >= 0.3 is 0 Å². The van der Waals surface area contributed by atoms with Crippen molar-refractivity contribution < 1.29 is 13.7 Å². The fourth-order valence-corrected chi connectivity index (χ4v) is 2.36. The molecule has 1 N–H and O–H groups in total. The van der Waals surface area contributed by atoms with Crippen molar-refractivity contribution in [2.45, 2.75) is 13.0 Å². The van der Waals surface area contributed by atoms with Gasteiger partial charge in [0, 0.05) is 16.7 Å². The topological polar surface area (TPSA) is 55.1 Å². The van der Waals surface area contributed by atoms with E-state index in [-0.39, 0.29) is 23.5 Å². The van der Waals surface area contributed by atoms with Crippen LogP contribution in [0.25, 0.3) is 11.3 Å². The molecule has 3 rings (SSSR count). The number of amides is 1. The lowest BCUT2D eigenvalue weighted by Crippen LogP contribution is -2.26. The molecule has 0 saturated carbocycles. The number of nitrogens with one attached hydrogen (secondary N) is 1. The van der Waals surface area contributed by atoms with E-state index in [2.05, 4.69) is 10.5 Å². The minimum atomic E-state index is -0.365. The van der Waals surface area contributed by atoms with Gasteiger partial charge in [-0.1, -0.05) is 28.9 Å². The van der Waals surface area contributed by atoms with Crippen molar-refractivity contribution >= 4 is 17.5 Å². The highest BCUT2D eigenvalue weighted by Gasteiger charge is 2.16. The van der Waals surface area contributed by atoms with E-state index in [9.17, 15) is 9.18 Å². The van der Waals surface area contributed by atoms with Gasteiger partial charge in [0.1, 0.15) is 5.82 Å². The van der Waals surface area contributed by atoms with E-state index < -0.39 is 0 Å². The number of benzene rings is 2. The number of halogens is 2. The monoisotopic (exact) mass is 344 g/mol. The zero-order valence-corrected chi connectivity index (χ0v) is 13.5. The third-order valence-electron chi connectivity index (χ3n) is 3.59. The molecule has 24 heavy (non-hydrogen) atoms. The highest BCUT2D eigenvalue weighted by molar-refractivity contribution is 6.30. The van der Waals surface area contributed by atoms with Gasteiger partial charge in [0.15, 0.2) is 11.5 Å². The fourth-order valence-electron chi connectivity index (χ4n) is 2.24. The summed E-state index contributed by atoms with van der Waals surface area (Å²) in [5.41, 5.74) is 1.75. The first-order chi connectivity index (χ1) is 11.5. The van der Waals surface area contributed by atoms with Crippen molar-refractivity contribution in [2.75, 3.05) is 0 Å². The SMILES string of the molecule is C[C@H](NC(=O)c1cc(-c2ccc(Cl)cc2)on1)c1ccc(F)cc1. The summed E-state index contributed by atoms with van der Waals surface area (Å²) in [7, 11) is 0. The van der Waals surface area contributed by atoms with Crippen LogP contribution in [0.1, 0.15) is 29.0 Å². The number of rotatable bonds is 4. The summed E-state index contributed by atoms with van der Waals surface area (Å²) in [5.74, 6) is -0.205. The van der Waals surface area contributed by atoms with E-state index in [1.54, 1.807) is 42.5 Å². The van der Waals surface area contributed by atoms with Gasteiger partial charge in [0.25, 0.3) is 5.91 Å². The molecule has 1 heterocycles. The van der Waals surface area contributed by atoms with Crippen LogP contribution in [-0.4, -0.2) is 11.1 Å². The molecule has 0 aliphatic carbocycles. The van der Waals surface area contributed by atoms with Crippen molar-refractivity contribution in [1.29, 1.82) is 0 Å². The van der Waals surface area contributed by atoms with E-state index in [1.807, 2.05) is 6.92 Å². The molecule has 0 aliphatic rings. The van der Waals surface area contributed by atoms with E-state index in [4.69, 9.17) is 16.1 Å². The second-order valence-corrected chi connectivity index (χ2v) is 5.77. The van der Waals surface area contributed by atoms with E-state index >= 15 is 0 Å². The van der Waals surface area contributed by atoms with Crippen LogP contribution < -0.4 is 5.32 Å². The molecule has 0 aliphatic heterocycles. The minimum Gasteiger partial charge on any atom is -0.355 e. The number of hydrogen-bond acceptors (Lipinski definition) is 3. The van der Waals surface area contributed by atoms with Crippen LogP contribution in [0.15, 0.2) is 59.1 Å². The van der Waals surface area contributed by atoms with E-state index in [1.165, 1.54) is 12.1 Å². The first-order valence-corrected chi connectivity index (χ1v) is 7.70. The largest absolute Gasteiger partial charge is 0.355 e. The first kappa shape index (κ1) is 16.2. The predicted octanol–water partition coefficient (Wildman–Crippen LogP) is 4.63. The van der Waals surface area contributed by atoms with Gasteiger partial charge in [-0.3, -0.25) is 4.79 Å². The molecular formula is C18H14ClFN2O2. The Labute approximate surface area is 143 Å². The molecule has 6 heteroatoms. The maximum atomic E-state index is 12.9. The molecule has 2 aromatic carbocycles. The standard InChI is InChI=1S/C18H14ClFN2O2/c1-11(12-4-8-15(20)9-5-12)21-18(23)16-10-17(24-22-16)13-2-6-14(19)7-3-13/h2-11H,1H3,(H,21,23)/t11-/m0/s1. The summed E-state index contributed by atoms with van der Waals surface area (Å²) in [6.45, 7) is 1.81.